The molecule has 0 N–H and O–H groups in total. The van der Waals surface area contributed by atoms with Gasteiger partial charge in [0.1, 0.15) is 6.29 Å². The Morgan fingerprint density at radius 2 is 2.21 bits per heavy atom. The van der Waals surface area contributed by atoms with Crippen molar-refractivity contribution in [1.29, 1.82) is 0 Å². The van der Waals surface area contributed by atoms with Crippen LogP contribution in [0.4, 0.5) is 4.39 Å². The minimum absolute atomic E-state index is 0.143. The van der Waals surface area contributed by atoms with Gasteiger partial charge in [-0.1, -0.05) is 20.8 Å². The summed E-state index contributed by atoms with van der Waals surface area (Å²) < 4.78 is 17.2. The monoisotopic (exact) mass is 202 g/mol. The Bertz CT molecular complexity index is 250. The number of hydrogen-bond donors (Lipinski definition) is 0. The van der Waals surface area contributed by atoms with E-state index in [1.165, 1.54) is 0 Å². The van der Waals surface area contributed by atoms with E-state index in [2.05, 4.69) is 4.74 Å². The predicted molar refractivity (Wildman–Crippen MR) is 48.1 cm³/mol. The second kappa shape index (κ2) is 3.67. The molecular weight excluding hydrogens is 187 g/mol. The van der Waals surface area contributed by atoms with Gasteiger partial charge in [-0.15, -0.1) is 0 Å². The average Bonchev–Trinajstić information content (AvgIpc) is 2.67. The zero-order valence-electron chi connectivity index (χ0n) is 8.62. The van der Waals surface area contributed by atoms with Crippen LogP contribution in [-0.4, -0.2) is 18.6 Å². The van der Waals surface area contributed by atoms with Gasteiger partial charge < -0.3 is 9.53 Å². The van der Waals surface area contributed by atoms with Crippen LogP contribution in [0, 0.1) is 17.3 Å². The molecule has 3 nitrogen and oxygen atoms in total. The van der Waals surface area contributed by atoms with E-state index in [0.717, 1.165) is 6.29 Å². The average molecular weight is 202 g/mol. The third kappa shape index (κ3) is 1.79. The van der Waals surface area contributed by atoms with Gasteiger partial charge in [0.05, 0.1) is 5.92 Å². The summed E-state index contributed by atoms with van der Waals surface area (Å²) in [4.78, 5) is 21.9. The lowest BCUT2D eigenvalue weighted by atomic mass is 10.1. The lowest BCUT2D eigenvalue weighted by molar-refractivity contribution is -0.161. The van der Waals surface area contributed by atoms with Crippen molar-refractivity contribution in [1.82, 2.24) is 0 Å². The van der Waals surface area contributed by atoms with Crippen molar-refractivity contribution in [3.05, 3.63) is 0 Å². The molecule has 80 valence electrons. The van der Waals surface area contributed by atoms with Gasteiger partial charge in [0, 0.05) is 12.3 Å². The van der Waals surface area contributed by atoms with Crippen LogP contribution in [0.1, 0.15) is 27.2 Å². The number of alkyl halides is 1. The van der Waals surface area contributed by atoms with Crippen LogP contribution < -0.4 is 0 Å². The van der Waals surface area contributed by atoms with E-state index in [0.29, 0.717) is 0 Å². The van der Waals surface area contributed by atoms with Gasteiger partial charge in [0.25, 0.3) is 0 Å². The van der Waals surface area contributed by atoms with Crippen molar-refractivity contribution in [2.24, 2.45) is 17.3 Å². The summed E-state index contributed by atoms with van der Waals surface area (Å²) in [5.74, 6) is -1.38. The molecule has 4 heteroatoms. The second-order valence-electron chi connectivity index (χ2n) is 4.22. The fourth-order valence-electron chi connectivity index (χ4n) is 1.66. The van der Waals surface area contributed by atoms with Crippen molar-refractivity contribution >= 4 is 12.3 Å². The molecule has 0 radical (unpaired) electrons. The lowest BCUT2D eigenvalue weighted by Crippen LogP contribution is -2.16. The number of carbonyl (C=O) groups excluding carboxylic acids is 2. The molecule has 0 heterocycles. The highest BCUT2D eigenvalue weighted by atomic mass is 19.1. The van der Waals surface area contributed by atoms with Crippen molar-refractivity contribution in [2.75, 3.05) is 0 Å². The Hall–Kier alpha value is -0.930. The van der Waals surface area contributed by atoms with Crippen LogP contribution in [0.25, 0.3) is 0 Å². The van der Waals surface area contributed by atoms with Crippen molar-refractivity contribution < 1.29 is 18.7 Å². The number of esters is 1. The van der Waals surface area contributed by atoms with Crippen LogP contribution >= 0.6 is 0 Å². The van der Waals surface area contributed by atoms with E-state index < -0.39 is 18.2 Å². The van der Waals surface area contributed by atoms with Crippen LogP contribution in [0.15, 0.2) is 0 Å². The largest absolute Gasteiger partial charge is 0.431 e. The summed E-state index contributed by atoms with van der Waals surface area (Å²) in [7, 11) is 0. The van der Waals surface area contributed by atoms with Crippen molar-refractivity contribution in [2.45, 2.75) is 33.5 Å². The summed E-state index contributed by atoms with van der Waals surface area (Å²) in [5, 5.41) is 0. The van der Waals surface area contributed by atoms with Crippen molar-refractivity contribution in [3.8, 4) is 0 Å². The smallest absolute Gasteiger partial charge is 0.312 e. The molecule has 0 saturated heterocycles. The Kier molecular flexibility index (Phi) is 2.92. The molecule has 3 unspecified atom stereocenters. The zero-order chi connectivity index (χ0) is 10.9. The SMILES string of the molecule is CCC(F)OC(=O)C1C(C=O)C1(C)C. The third-order valence-electron chi connectivity index (χ3n) is 2.88. The first-order chi connectivity index (χ1) is 6.45. The maximum Gasteiger partial charge on any atom is 0.312 e. The standard InChI is InChI=1S/C10H15FO3/c1-4-7(11)14-9(13)8-6(5-12)10(8,2)3/h5-8H,4H2,1-3H3. The van der Waals surface area contributed by atoms with Crippen molar-refractivity contribution in [3.63, 3.8) is 0 Å². The molecule has 1 fully saturated rings. The van der Waals surface area contributed by atoms with Gasteiger partial charge in [-0.2, -0.15) is 0 Å². The normalized spacial score (nSPS) is 30.6. The quantitative estimate of drug-likeness (QED) is 0.515. The molecule has 1 aliphatic rings. The predicted octanol–water partition coefficient (Wildman–Crippen LogP) is 1.71. The Labute approximate surface area is 82.6 Å². The van der Waals surface area contributed by atoms with Gasteiger partial charge in [-0.3, -0.25) is 4.79 Å². The first kappa shape index (κ1) is 11.1. The highest BCUT2D eigenvalue weighted by molar-refractivity contribution is 5.84. The van der Waals surface area contributed by atoms with Gasteiger partial charge in [-0.05, 0) is 5.41 Å². The zero-order valence-corrected chi connectivity index (χ0v) is 8.62. The molecule has 0 aliphatic heterocycles. The third-order valence-corrected chi connectivity index (χ3v) is 2.88. The highest BCUT2D eigenvalue weighted by Crippen LogP contribution is 2.57. The summed E-state index contributed by atoms with van der Waals surface area (Å²) in [5.41, 5.74) is -0.369. The van der Waals surface area contributed by atoms with E-state index in [-0.39, 0.29) is 17.8 Å². The highest BCUT2D eigenvalue weighted by Gasteiger charge is 2.63. The summed E-state index contributed by atoms with van der Waals surface area (Å²) in [6.45, 7) is 5.20. The maximum atomic E-state index is 12.7. The number of aldehydes is 1. The molecule has 1 aliphatic carbocycles. The fourth-order valence-corrected chi connectivity index (χ4v) is 1.66. The van der Waals surface area contributed by atoms with E-state index in [1.807, 2.05) is 0 Å². The van der Waals surface area contributed by atoms with E-state index in [4.69, 9.17) is 0 Å². The minimum atomic E-state index is -1.55. The molecule has 0 spiro atoms. The molecule has 1 rings (SSSR count). The summed E-state index contributed by atoms with van der Waals surface area (Å²) >= 11 is 0. The maximum absolute atomic E-state index is 12.7. The Balaban J connectivity index is 2.52. The Morgan fingerprint density at radius 1 is 1.64 bits per heavy atom. The van der Waals surface area contributed by atoms with Gasteiger partial charge in [-0.25, -0.2) is 4.39 Å². The fraction of sp³-hybridized carbons (Fsp3) is 0.800. The van der Waals surface area contributed by atoms with E-state index in [1.54, 1.807) is 20.8 Å². The first-order valence-corrected chi connectivity index (χ1v) is 4.75. The Morgan fingerprint density at radius 3 is 2.57 bits per heavy atom. The first-order valence-electron chi connectivity index (χ1n) is 4.75. The number of carbonyl (C=O) groups is 2. The molecule has 0 aromatic carbocycles. The summed E-state index contributed by atoms with van der Waals surface area (Å²) in [6.07, 6.45) is -0.665. The molecule has 3 atom stereocenters. The number of rotatable bonds is 4. The van der Waals surface area contributed by atoms with Gasteiger partial charge in [0.15, 0.2) is 0 Å². The van der Waals surface area contributed by atoms with E-state index >= 15 is 0 Å². The van der Waals surface area contributed by atoms with Gasteiger partial charge in [0.2, 0.25) is 6.36 Å². The summed E-state index contributed by atoms with van der Waals surface area (Å²) in [6, 6.07) is 0. The molecule has 0 bridgehead atoms. The second-order valence-corrected chi connectivity index (χ2v) is 4.22. The van der Waals surface area contributed by atoms with Crippen LogP contribution in [0.5, 0.6) is 0 Å². The molecule has 0 amide bonds. The lowest BCUT2D eigenvalue weighted by Gasteiger charge is -2.07. The number of ether oxygens (including phenoxy) is 1. The minimum Gasteiger partial charge on any atom is -0.431 e. The van der Waals surface area contributed by atoms with Gasteiger partial charge >= 0.3 is 5.97 Å². The molecule has 14 heavy (non-hydrogen) atoms. The topological polar surface area (TPSA) is 43.4 Å². The molecule has 0 aromatic heterocycles. The van der Waals surface area contributed by atoms with Crippen LogP contribution in [0.3, 0.4) is 0 Å². The van der Waals surface area contributed by atoms with E-state index in [9.17, 15) is 14.0 Å². The number of hydrogen-bond acceptors (Lipinski definition) is 3. The molecular formula is C10H15FO3. The van der Waals surface area contributed by atoms with Crippen LogP contribution in [0.2, 0.25) is 0 Å². The number of halogens is 1. The molecule has 1 saturated carbocycles. The van der Waals surface area contributed by atoms with Crippen LogP contribution in [-0.2, 0) is 14.3 Å². The molecule has 0 aromatic rings.